The lowest BCUT2D eigenvalue weighted by Gasteiger charge is -2.22. The Morgan fingerprint density at radius 1 is 1.41 bits per heavy atom. The Morgan fingerprint density at radius 3 is 2.93 bits per heavy atom. The zero-order valence-electron chi connectivity index (χ0n) is 14.2. The number of aromatic nitrogens is 4. The standard InChI is InChI=1S/C18H16ClN5O2S/c1-2-9-27-17-21-16-14(11-3-5-12(19)6-4-11)15(13-10-20-7-8-26-13)23-24(16)18(25)22-17/h1,3-6,13,20H,7-10H2,(H,21,22,25)/t13-/m1/s1. The van der Waals surface area contributed by atoms with Gasteiger partial charge in [-0.2, -0.15) is 9.61 Å². The first kappa shape index (κ1) is 18.1. The molecule has 0 unspecified atom stereocenters. The third-order valence-electron chi connectivity index (χ3n) is 4.16. The van der Waals surface area contributed by atoms with Gasteiger partial charge < -0.3 is 10.1 Å². The van der Waals surface area contributed by atoms with Crippen LogP contribution in [0, 0.1) is 12.3 Å². The molecule has 4 rings (SSSR count). The number of rotatable bonds is 4. The van der Waals surface area contributed by atoms with Gasteiger partial charge >= 0.3 is 5.69 Å². The number of H-pyrrole nitrogens is 1. The quantitative estimate of drug-likeness (QED) is 0.514. The van der Waals surface area contributed by atoms with Crippen molar-refractivity contribution in [1.29, 1.82) is 0 Å². The lowest BCUT2D eigenvalue weighted by molar-refractivity contribution is 0.0252. The predicted octanol–water partition coefficient (Wildman–Crippen LogP) is 2.12. The second-order valence-electron chi connectivity index (χ2n) is 5.91. The van der Waals surface area contributed by atoms with Gasteiger partial charge in [0.25, 0.3) is 0 Å². The molecule has 9 heteroatoms. The summed E-state index contributed by atoms with van der Waals surface area (Å²) in [5, 5.41) is 8.89. The summed E-state index contributed by atoms with van der Waals surface area (Å²) in [5.41, 5.74) is 2.38. The summed E-state index contributed by atoms with van der Waals surface area (Å²) in [5.74, 6) is 2.94. The van der Waals surface area contributed by atoms with Gasteiger partial charge in [0, 0.05) is 18.1 Å². The van der Waals surface area contributed by atoms with E-state index in [1.54, 1.807) is 12.1 Å². The highest BCUT2D eigenvalue weighted by Crippen LogP contribution is 2.33. The lowest BCUT2D eigenvalue weighted by atomic mass is 10.0. The van der Waals surface area contributed by atoms with Gasteiger partial charge in [0.05, 0.1) is 17.9 Å². The number of hydrogen-bond acceptors (Lipinski definition) is 6. The smallest absolute Gasteiger partial charge is 0.350 e. The number of nitrogens with zero attached hydrogens (tertiary/aromatic N) is 3. The van der Waals surface area contributed by atoms with Crippen LogP contribution in [0.2, 0.25) is 5.02 Å². The zero-order valence-corrected chi connectivity index (χ0v) is 15.8. The van der Waals surface area contributed by atoms with Gasteiger partial charge in [-0.1, -0.05) is 41.4 Å². The summed E-state index contributed by atoms with van der Waals surface area (Å²) in [6.07, 6.45) is 5.05. The molecule has 2 N–H and O–H groups in total. The number of terminal acetylenes is 1. The molecule has 3 heterocycles. The van der Waals surface area contributed by atoms with E-state index in [0.29, 0.717) is 40.4 Å². The summed E-state index contributed by atoms with van der Waals surface area (Å²) in [6, 6.07) is 7.36. The van der Waals surface area contributed by atoms with Crippen LogP contribution in [-0.4, -0.2) is 45.0 Å². The van der Waals surface area contributed by atoms with Crippen LogP contribution in [0.1, 0.15) is 11.8 Å². The minimum absolute atomic E-state index is 0.271. The Labute approximate surface area is 164 Å². The third kappa shape index (κ3) is 3.59. The molecule has 3 aromatic rings. The van der Waals surface area contributed by atoms with Gasteiger partial charge in [-0.15, -0.1) is 6.42 Å². The SMILES string of the molecule is C#CCSc1nc2c(-c3ccc(Cl)cc3)c([C@H]3CNCCO3)nn2c(=O)[nH]1. The van der Waals surface area contributed by atoms with Crippen LogP contribution in [0.5, 0.6) is 0 Å². The minimum Gasteiger partial charge on any atom is -0.369 e. The largest absolute Gasteiger partial charge is 0.369 e. The number of morpholine rings is 1. The molecule has 1 fully saturated rings. The van der Waals surface area contributed by atoms with Crippen molar-refractivity contribution in [3.63, 3.8) is 0 Å². The number of halogens is 1. The molecule has 2 aromatic heterocycles. The average molecular weight is 402 g/mol. The van der Waals surface area contributed by atoms with Crippen LogP contribution in [0.25, 0.3) is 16.8 Å². The number of aromatic amines is 1. The van der Waals surface area contributed by atoms with E-state index < -0.39 is 0 Å². The summed E-state index contributed by atoms with van der Waals surface area (Å²) >= 11 is 7.33. The molecular weight excluding hydrogens is 386 g/mol. The molecular formula is C18H16ClN5O2S. The molecule has 0 bridgehead atoms. The molecule has 1 saturated heterocycles. The van der Waals surface area contributed by atoms with Crippen LogP contribution in [0.15, 0.2) is 34.2 Å². The maximum Gasteiger partial charge on any atom is 0.350 e. The van der Waals surface area contributed by atoms with E-state index in [9.17, 15) is 4.79 Å². The third-order valence-corrected chi connectivity index (χ3v) is 5.19. The molecule has 0 aliphatic carbocycles. The maximum absolute atomic E-state index is 12.6. The van der Waals surface area contributed by atoms with E-state index >= 15 is 0 Å². The highest BCUT2D eigenvalue weighted by atomic mass is 35.5. The number of fused-ring (bicyclic) bond motifs is 1. The second kappa shape index (κ2) is 7.74. The molecule has 0 amide bonds. The Morgan fingerprint density at radius 2 is 2.22 bits per heavy atom. The van der Waals surface area contributed by atoms with Crippen molar-refractivity contribution >= 4 is 29.0 Å². The van der Waals surface area contributed by atoms with Crippen molar-refractivity contribution in [3.05, 3.63) is 45.5 Å². The minimum atomic E-state index is -0.371. The Balaban J connectivity index is 1.93. The summed E-state index contributed by atoms with van der Waals surface area (Å²) in [6.45, 7) is 1.97. The predicted molar refractivity (Wildman–Crippen MR) is 105 cm³/mol. The number of nitrogens with one attached hydrogen (secondary N) is 2. The fraction of sp³-hybridized carbons (Fsp3) is 0.278. The summed E-state index contributed by atoms with van der Waals surface area (Å²) in [7, 11) is 0. The molecule has 7 nitrogen and oxygen atoms in total. The van der Waals surface area contributed by atoms with E-state index in [0.717, 1.165) is 17.7 Å². The fourth-order valence-electron chi connectivity index (χ4n) is 2.98. The highest BCUT2D eigenvalue weighted by molar-refractivity contribution is 7.99. The van der Waals surface area contributed by atoms with Gasteiger partial charge in [-0.25, -0.2) is 9.78 Å². The van der Waals surface area contributed by atoms with Crippen LogP contribution in [0.4, 0.5) is 0 Å². The second-order valence-corrected chi connectivity index (χ2v) is 7.31. The molecule has 138 valence electrons. The van der Waals surface area contributed by atoms with Gasteiger partial charge in [0.2, 0.25) is 0 Å². The molecule has 0 spiro atoms. The van der Waals surface area contributed by atoms with E-state index in [4.69, 9.17) is 22.8 Å². The maximum atomic E-state index is 12.6. The van der Waals surface area contributed by atoms with Crippen molar-refractivity contribution < 1.29 is 4.74 Å². The molecule has 1 aliphatic heterocycles. The first-order valence-electron chi connectivity index (χ1n) is 8.35. The van der Waals surface area contributed by atoms with E-state index in [2.05, 4.69) is 26.3 Å². The molecule has 0 saturated carbocycles. The van der Waals surface area contributed by atoms with Crippen LogP contribution >= 0.6 is 23.4 Å². The highest BCUT2D eigenvalue weighted by Gasteiger charge is 2.27. The van der Waals surface area contributed by atoms with Gasteiger partial charge in [-0.05, 0) is 17.7 Å². The van der Waals surface area contributed by atoms with Crippen molar-refractivity contribution in [2.75, 3.05) is 25.4 Å². The lowest BCUT2D eigenvalue weighted by Crippen LogP contribution is -2.33. The number of thioether (sulfide) groups is 1. The van der Waals surface area contributed by atoms with Crippen molar-refractivity contribution in [2.24, 2.45) is 0 Å². The van der Waals surface area contributed by atoms with E-state index in [1.165, 1.54) is 16.3 Å². The molecule has 1 aromatic carbocycles. The molecule has 27 heavy (non-hydrogen) atoms. The normalized spacial score (nSPS) is 17.1. The summed E-state index contributed by atoms with van der Waals surface area (Å²) < 4.78 is 7.15. The average Bonchev–Trinajstić information content (AvgIpc) is 3.08. The van der Waals surface area contributed by atoms with Crippen molar-refractivity contribution in [2.45, 2.75) is 11.3 Å². The van der Waals surface area contributed by atoms with Gasteiger partial charge in [0.15, 0.2) is 10.8 Å². The molecule has 0 radical (unpaired) electrons. The Bertz CT molecular complexity index is 1060. The van der Waals surface area contributed by atoms with Gasteiger partial charge in [-0.3, -0.25) is 4.98 Å². The zero-order chi connectivity index (χ0) is 18.8. The summed E-state index contributed by atoms with van der Waals surface area (Å²) in [4.78, 5) is 19.9. The van der Waals surface area contributed by atoms with Crippen LogP contribution < -0.4 is 11.0 Å². The Hall–Kier alpha value is -2.31. The Kier molecular flexibility index (Phi) is 5.18. The van der Waals surface area contributed by atoms with Crippen molar-refractivity contribution in [1.82, 2.24) is 24.9 Å². The molecule has 1 aliphatic rings. The van der Waals surface area contributed by atoms with Crippen LogP contribution in [0.3, 0.4) is 0 Å². The van der Waals surface area contributed by atoms with Crippen molar-refractivity contribution in [3.8, 4) is 23.5 Å². The first-order chi connectivity index (χ1) is 13.2. The first-order valence-corrected chi connectivity index (χ1v) is 9.71. The van der Waals surface area contributed by atoms with E-state index in [-0.39, 0.29) is 11.8 Å². The number of hydrogen-bond donors (Lipinski definition) is 2. The van der Waals surface area contributed by atoms with Crippen LogP contribution in [-0.2, 0) is 4.74 Å². The molecule has 1 atom stereocenters. The number of benzene rings is 1. The topological polar surface area (TPSA) is 84.3 Å². The monoisotopic (exact) mass is 401 g/mol. The number of ether oxygens (including phenoxy) is 1. The van der Waals surface area contributed by atoms with E-state index in [1.807, 2.05) is 12.1 Å². The fourth-order valence-corrected chi connectivity index (χ4v) is 3.63. The van der Waals surface area contributed by atoms with Gasteiger partial charge in [0.1, 0.15) is 11.8 Å².